The minimum absolute atomic E-state index is 0. The number of phosphoric ester groups is 4. The van der Waals surface area contributed by atoms with Crippen LogP contribution in [0.1, 0.15) is 0 Å². The zero-order valence-electron chi connectivity index (χ0n) is 12.8. The first-order valence-electron chi connectivity index (χ1n) is 5.84. The van der Waals surface area contributed by atoms with Crippen LogP contribution in [0.2, 0.25) is 0 Å². The second-order valence-corrected chi connectivity index (χ2v) is 9.12. The molecule has 0 aliphatic carbocycles. The summed E-state index contributed by atoms with van der Waals surface area (Å²) < 4.78 is 68.2. The fraction of sp³-hybridized carbons (Fsp3) is 1.00. The zero-order valence-corrected chi connectivity index (χ0v) is 18.2. The monoisotopic (exact) mass is 597 g/mol. The summed E-state index contributed by atoms with van der Waals surface area (Å²) in [7, 11) is -16.1. The van der Waals surface area contributed by atoms with Crippen molar-refractivity contribution < 1.29 is 115 Å². The van der Waals surface area contributed by atoms with Gasteiger partial charge in [-0.05, 0) is 0 Å². The molecule has 0 unspecified atom stereocenters. The summed E-state index contributed by atoms with van der Waals surface area (Å²) in [5, 5.41) is 31.9. The van der Waals surface area contributed by atoms with Crippen LogP contribution in [0, 0.1) is 0 Å². The SMILES string of the molecule is O=P1([O-])OC(O)O1.O=P1([O-])OC(O)O1.O=P1([O-])OC(O)O1.O=P1([O-])OC(O)O1.[Tc+4]. The second kappa shape index (κ2) is 11.2. The van der Waals surface area contributed by atoms with Crippen molar-refractivity contribution in [2.75, 3.05) is 0 Å². The molecule has 29 heavy (non-hydrogen) atoms. The van der Waals surface area contributed by atoms with Crippen LogP contribution >= 0.6 is 31.3 Å². The first kappa shape index (κ1) is 29.9. The summed E-state index contributed by atoms with van der Waals surface area (Å²) >= 11 is 0. The van der Waals surface area contributed by atoms with E-state index in [9.17, 15) is 37.8 Å². The van der Waals surface area contributed by atoms with Crippen molar-refractivity contribution in [1.82, 2.24) is 0 Å². The molecule has 25 heteroatoms. The Morgan fingerprint density at radius 1 is 0.448 bits per heavy atom. The molecule has 4 N–H and O–H groups in total. The Balaban J connectivity index is 0.000000356. The Morgan fingerprint density at radius 2 is 0.552 bits per heavy atom. The maximum atomic E-state index is 9.72. The van der Waals surface area contributed by atoms with Gasteiger partial charge in [-0.2, -0.15) is 0 Å². The van der Waals surface area contributed by atoms with Crippen LogP contribution < -0.4 is 19.6 Å². The van der Waals surface area contributed by atoms with Crippen molar-refractivity contribution in [1.29, 1.82) is 0 Å². The fourth-order valence-electron chi connectivity index (χ4n) is 0.915. The van der Waals surface area contributed by atoms with Crippen LogP contribution in [0.5, 0.6) is 0 Å². The number of aliphatic hydroxyl groups excluding tert-OH is 4. The van der Waals surface area contributed by atoms with Gasteiger partial charge >= 0.3 is 20.1 Å². The second-order valence-electron chi connectivity index (χ2n) is 3.86. The smallest absolute Gasteiger partial charge is 0.756 e. The summed E-state index contributed by atoms with van der Waals surface area (Å²) in [5.41, 5.74) is 0. The summed E-state index contributed by atoms with van der Waals surface area (Å²) in [6.45, 7) is -6.27. The number of aliphatic hydroxyl groups is 4. The van der Waals surface area contributed by atoms with Crippen molar-refractivity contribution in [2.24, 2.45) is 0 Å². The minimum Gasteiger partial charge on any atom is -0.756 e. The van der Waals surface area contributed by atoms with E-state index < -0.39 is 57.2 Å². The maximum Gasteiger partial charge on any atom is 4.00 e. The summed E-state index contributed by atoms with van der Waals surface area (Å²) in [6.07, 6.45) is 0. The Labute approximate surface area is 172 Å². The standard InChI is InChI=1S/4CH3O5P.Tc/c4*2-1-5-7(3,4)6-1;/h4*1-2H,(H,3,4);/q;;;;+4/p-4. The molecule has 0 bridgehead atoms. The normalized spacial score (nSPS) is 49.1. The van der Waals surface area contributed by atoms with E-state index >= 15 is 0 Å². The molecule has 4 aliphatic rings. The third kappa shape index (κ3) is 12.5. The van der Waals surface area contributed by atoms with Crippen LogP contribution in [-0.4, -0.2) is 46.3 Å². The molecule has 4 heterocycles. The third-order valence-electron chi connectivity index (χ3n) is 1.75. The minimum atomic E-state index is -4.02. The molecule has 0 spiro atoms. The summed E-state index contributed by atoms with van der Waals surface area (Å²) in [5.74, 6) is 0. The molecule has 0 aromatic rings. The van der Waals surface area contributed by atoms with Gasteiger partial charge in [0.15, 0.2) is 0 Å². The van der Waals surface area contributed by atoms with Crippen molar-refractivity contribution in [3.63, 3.8) is 0 Å². The van der Waals surface area contributed by atoms with Crippen molar-refractivity contribution in [3.05, 3.63) is 0 Å². The van der Waals surface area contributed by atoms with E-state index in [0.29, 0.717) is 0 Å². The van der Waals surface area contributed by atoms with E-state index in [4.69, 9.17) is 20.4 Å². The molecule has 4 rings (SSSR count). The van der Waals surface area contributed by atoms with Gasteiger partial charge in [0.25, 0.3) is 57.2 Å². The predicted octanol–water partition coefficient (Wildman–Crippen LogP) is -4.89. The summed E-state index contributed by atoms with van der Waals surface area (Å²) in [6, 6.07) is 0. The van der Waals surface area contributed by atoms with Crippen LogP contribution in [0.4, 0.5) is 0 Å². The van der Waals surface area contributed by atoms with Crippen molar-refractivity contribution in [2.45, 2.75) is 25.9 Å². The van der Waals surface area contributed by atoms with Crippen LogP contribution in [0.15, 0.2) is 0 Å². The quantitative estimate of drug-likeness (QED) is 0.190. The van der Waals surface area contributed by atoms with E-state index in [1.165, 1.54) is 0 Å². The number of phosphoric acid groups is 4. The maximum absolute atomic E-state index is 9.72. The van der Waals surface area contributed by atoms with Gasteiger partial charge in [0, 0.05) is 0 Å². The van der Waals surface area contributed by atoms with Gasteiger partial charge in [0.2, 0.25) is 0 Å². The Bertz CT molecular complexity index is 563. The fourth-order valence-corrected chi connectivity index (χ4v) is 2.75. The number of rotatable bonds is 0. The molecule has 20 nitrogen and oxygen atoms in total. The van der Waals surface area contributed by atoms with Gasteiger partial charge in [-0.25, -0.2) is 0 Å². The predicted molar refractivity (Wildman–Crippen MR) is 63.1 cm³/mol. The zero-order chi connectivity index (χ0) is 22.0. The van der Waals surface area contributed by atoms with Crippen LogP contribution in [-0.2, 0) is 74.6 Å². The average molecular weight is 598 g/mol. The van der Waals surface area contributed by atoms with Crippen LogP contribution in [0.3, 0.4) is 0 Å². The van der Waals surface area contributed by atoms with E-state index in [2.05, 4.69) is 36.2 Å². The topological polar surface area (TPSA) is 315 Å². The Hall–Kier alpha value is 0.929. The molecule has 0 atom stereocenters. The van der Waals surface area contributed by atoms with Crippen molar-refractivity contribution >= 4 is 31.3 Å². The van der Waals surface area contributed by atoms with Crippen molar-refractivity contribution in [3.8, 4) is 0 Å². The van der Waals surface area contributed by atoms with E-state index in [-0.39, 0.29) is 20.1 Å². The molecule has 4 aliphatic heterocycles. The molecule has 0 aromatic heterocycles. The Morgan fingerprint density at radius 3 is 0.552 bits per heavy atom. The average Bonchev–Trinajstić information content (AvgIpc) is 2.31. The van der Waals surface area contributed by atoms with Gasteiger partial charge in [-0.15, -0.1) is 0 Å². The van der Waals surface area contributed by atoms with Gasteiger partial charge in [-0.1, -0.05) is 0 Å². The van der Waals surface area contributed by atoms with Gasteiger partial charge in [0.1, 0.15) is 0 Å². The molecule has 0 amide bonds. The van der Waals surface area contributed by atoms with Gasteiger partial charge in [-0.3, -0.25) is 54.5 Å². The molecule has 0 saturated carbocycles. The Kier molecular flexibility index (Phi) is 11.5. The molecule has 1 radical (unpaired) electrons. The molecule has 4 fully saturated rings. The van der Waals surface area contributed by atoms with E-state index in [1.54, 1.807) is 0 Å². The first-order chi connectivity index (χ1) is 12.4. The molecular weight excluding hydrogens is 590 g/mol. The van der Waals surface area contributed by atoms with Crippen LogP contribution in [0.25, 0.3) is 0 Å². The molecule has 0 aromatic carbocycles. The first-order valence-corrected chi connectivity index (χ1v) is 11.7. The largest absolute Gasteiger partial charge is 4.00 e. The van der Waals surface area contributed by atoms with E-state index in [0.717, 1.165) is 0 Å². The summed E-state index contributed by atoms with van der Waals surface area (Å²) in [4.78, 5) is 38.9. The van der Waals surface area contributed by atoms with Gasteiger partial charge < -0.3 is 40.0 Å². The number of hydrogen-bond acceptors (Lipinski definition) is 20. The van der Waals surface area contributed by atoms with Gasteiger partial charge in [0.05, 0.1) is 0 Å². The van der Waals surface area contributed by atoms with E-state index in [1.807, 2.05) is 0 Å². The molecule has 4 saturated heterocycles. The number of hydrogen-bond donors (Lipinski definition) is 4. The third-order valence-corrected chi connectivity index (χ3v) is 5.26. The molecular formula is C4H8O20P4Tc. The molecule has 171 valence electrons.